The Balaban J connectivity index is 1.82. The first-order valence-corrected chi connectivity index (χ1v) is 11.3. The number of nitrogens with one attached hydrogen (secondary N) is 3. The van der Waals surface area contributed by atoms with Crippen LogP contribution in [0.2, 0.25) is 5.02 Å². The topological polar surface area (TPSA) is 94.9 Å². The zero-order valence-electron chi connectivity index (χ0n) is 19.5. The molecule has 0 spiro atoms. The van der Waals surface area contributed by atoms with Gasteiger partial charge in [-0.25, -0.2) is 8.78 Å². The second-order valence-corrected chi connectivity index (χ2v) is 8.50. The lowest BCUT2D eigenvalue weighted by Crippen LogP contribution is -2.38. The molecule has 3 aromatic rings. The zero-order valence-corrected chi connectivity index (χ0v) is 20.2. The van der Waals surface area contributed by atoms with Crippen molar-refractivity contribution >= 4 is 40.5 Å². The molecule has 1 heterocycles. The molecular formula is C26H25ClF2N4O2. The van der Waals surface area contributed by atoms with Crippen LogP contribution in [0.4, 0.5) is 20.2 Å². The summed E-state index contributed by atoms with van der Waals surface area (Å²) in [5.41, 5.74) is 2.16. The van der Waals surface area contributed by atoms with Crippen molar-refractivity contribution in [3.05, 3.63) is 76.9 Å². The van der Waals surface area contributed by atoms with Gasteiger partial charge in [0.1, 0.15) is 0 Å². The molecule has 0 aliphatic carbocycles. The summed E-state index contributed by atoms with van der Waals surface area (Å²) in [5, 5.41) is 13.5. The highest BCUT2D eigenvalue weighted by molar-refractivity contribution is 6.33. The third kappa shape index (κ3) is 6.08. The van der Waals surface area contributed by atoms with E-state index in [1.165, 1.54) is 32.0 Å². The normalized spacial score (nSPS) is 12.1. The molecule has 0 saturated carbocycles. The number of aryl methyl sites for hydroxylation is 1. The van der Waals surface area contributed by atoms with Crippen molar-refractivity contribution in [1.29, 1.82) is 5.41 Å². The summed E-state index contributed by atoms with van der Waals surface area (Å²) in [5.74, 6) is -6.06. The van der Waals surface area contributed by atoms with Gasteiger partial charge in [-0.15, -0.1) is 0 Å². The molecule has 0 aliphatic heterocycles. The smallest absolute Gasteiger partial charge is 0.273 e. The number of amides is 2. The van der Waals surface area contributed by atoms with Crippen LogP contribution in [0, 0.1) is 18.3 Å². The molecule has 182 valence electrons. The van der Waals surface area contributed by atoms with Gasteiger partial charge in [0.05, 0.1) is 10.7 Å². The lowest BCUT2D eigenvalue weighted by molar-refractivity contribution is -0.126. The minimum Gasteiger partial charge on any atom is -0.325 e. The van der Waals surface area contributed by atoms with Gasteiger partial charge in [-0.2, -0.15) is 0 Å². The van der Waals surface area contributed by atoms with Crippen LogP contribution in [-0.2, 0) is 15.5 Å². The molecule has 1 aromatic heterocycles. The molecule has 0 fully saturated rings. The van der Waals surface area contributed by atoms with Crippen molar-refractivity contribution < 1.29 is 18.4 Å². The first-order valence-electron chi connectivity index (χ1n) is 10.9. The number of hydrogen-bond donors (Lipinski definition) is 3. The van der Waals surface area contributed by atoms with Gasteiger partial charge < -0.3 is 16.0 Å². The molecule has 1 unspecified atom stereocenters. The first kappa shape index (κ1) is 26.0. The summed E-state index contributed by atoms with van der Waals surface area (Å²) in [6.45, 7) is 4.57. The van der Waals surface area contributed by atoms with Crippen LogP contribution in [0.1, 0.15) is 31.4 Å². The maximum atomic E-state index is 14.0. The quantitative estimate of drug-likeness (QED) is 0.246. The SMILES string of the molecule is CCC(F)(F)c1cccc(NC(=O)C(C(C)=N)C(=O)Nc2ccc(Cl)c(-c3ncccc3C)c2)c1. The van der Waals surface area contributed by atoms with Gasteiger partial charge >= 0.3 is 0 Å². The number of hydrogen-bond acceptors (Lipinski definition) is 4. The largest absolute Gasteiger partial charge is 0.325 e. The fourth-order valence-corrected chi connectivity index (χ4v) is 3.73. The molecule has 0 radical (unpaired) electrons. The van der Waals surface area contributed by atoms with E-state index in [4.69, 9.17) is 17.0 Å². The molecule has 9 heteroatoms. The molecule has 35 heavy (non-hydrogen) atoms. The molecular weight excluding hydrogens is 474 g/mol. The van der Waals surface area contributed by atoms with Crippen LogP contribution in [0.25, 0.3) is 11.3 Å². The summed E-state index contributed by atoms with van der Waals surface area (Å²) in [4.78, 5) is 30.2. The standard InChI is InChI=1S/C26H25ClF2N4O2/c1-4-26(28,29)17-8-5-9-18(13-17)32-24(34)22(16(3)30)25(35)33-19-10-11-21(27)20(14-19)23-15(2)7-6-12-31-23/h5-14,22,30H,4H2,1-3H3,(H,32,34)(H,33,35). The summed E-state index contributed by atoms with van der Waals surface area (Å²) in [6.07, 6.45) is 1.24. The average Bonchev–Trinajstić information content (AvgIpc) is 2.80. The average molecular weight is 499 g/mol. The van der Waals surface area contributed by atoms with Crippen LogP contribution in [0.15, 0.2) is 60.8 Å². The number of anilines is 2. The molecule has 3 N–H and O–H groups in total. The zero-order chi connectivity index (χ0) is 25.8. The van der Waals surface area contributed by atoms with Crippen LogP contribution in [-0.4, -0.2) is 22.5 Å². The summed E-state index contributed by atoms with van der Waals surface area (Å²) in [7, 11) is 0. The minimum absolute atomic E-state index is 0.110. The Kier molecular flexibility index (Phi) is 7.96. The lowest BCUT2D eigenvalue weighted by Gasteiger charge is -2.18. The highest BCUT2D eigenvalue weighted by atomic mass is 35.5. The van der Waals surface area contributed by atoms with Gasteiger partial charge in [0, 0.05) is 40.8 Å². The van der Waals surface area contributed by atoms with Gasteiger partial charge in [-0.3, -0.25) is 14.6 Å². The van der Waals surface area contributed by atoms with Crippen molar-refractivity contribution in [1.82, 2.24) is 4.98 Å². The van der Waals surface area contributed by atoms with E-state index in [1.807, 2.05) is 13.0 Å². The molecule has 6 nitrogen and oxygen atoms in total. The van der Waals surface area contributed by atoms with Crippen LogP contribution < -0.4 is 10.6 Å². The van der Waals surface area contributed by atoms with E-state index in [-0.39, 0.29) is 17.0 Å². The van der Waals surface area contributed by atoms with Crippen molar-refractivity contribution in [2.24, 2.45) is 5.92 Å². The number of pyridine rings is 1. The Bertz CT molecular complexity index is 1280. The molecule has 2 aromatic carbocycles. The second-order valence-electron chi connectivity index (χ2n) is 8.10. The number of halogens is 3. The molecule has 0 aliphatic rings. The number of nitrogens with zero attached hydrogens (tertiary/aromatic N) is 1. The van der Waals surface area contributed by atoms with E-state index in [0.717, 1.165) is 11.6 Å². The number of carbonyl (C=O) groups excluding carboxylic acids is 2. The minimum atomic E-state index is -3.05. The van der Waals surface area contributed by atoms with E-state index in [0.29, 0.717) is 22.0 Å². The molecule has 1 atom stereocenters. The Morgan fingerprint density at radius 1 is 1.06 bits per heavy atom. The molecule has 0 bridgehead atoms. The second kappa shape index (κ2) is 10.7. The lowest BCUT2D eigenvalue weighted by atomic mass is 10.0. The number of benzene rings is 2. The summed E-state index contributed by atoms with van der Waals surface area (Å²) >= 11 is 6.34. The fraction of sp³-hybridized carbons (Fsp3) is 0.231. The van der Waals surface area contributed by atoms with Crippen LogP contribution >= 0.6 is 11.6 Å². The van der Waals surface area contributed by atoms with Crippen molar-refractivity contribution in [3.63, 3.8) is 0 Å². The molecule has 3 rings (SSSR count). The summed E-state index contributed by atoms with van der Waals surface area (Å²) < 4.78 is 28.1. The number of rotatable bonds is 8. The molecule has 0 saturated heterocycles. The Morgan fingerprint density at radius 3 is 2.31 bits per heavy atom. The van der Waals surface area contributed by atoms with Gasteiger partial charge in [-0.1, -0.05) is 36.7 Å². The first-order chi connectivity index (χ1) is 16.5. The third-order valence-corrected chi connectivity index (χ3v) is 5.78. The third-order valence-electron chi connectivity index (χ3n) is 5.45. The summed E-state index contributed by atoms with van der Waals surface area (Å²) in [6, 6.07) is 13.8. The fourth-order valence-electron chi connectivity index (χ4n) is 3.52. The van der Waals surface area contributed by atoms with E-state index in [9.17, 15) is 18.4 Å². The van der Waals surface area contributed by atoms with Gasteiger partial charge in [0.2, 0.25) is 11.8 Å². The van der Waals surface area contributed by atoms with E-state index in [2.05, 4.69) is 15.6 Å². The Labute approximate surface area is 207 Å². The van der Waals surface area contributed by atoms with Crippen molar-refractivity contribution in [2.45, 2.75) is 33.1 Å². The number of alkyl halides is 2. The predicted molar refractivity (Wildman–Crippen MR) is 134 cm³/mol. The van der Waals surface area contributed by atoms with Crippen molar-refractivity contribution in [3.8, 4) is 11.3 Å². The van der Waals surface area contributed by atoms with E-state index < -0.39 is 30.1 Å². The van der Waals surface area contributed by atoms with Crippen LogP contribution in [0.3, 0.4) is 0 Å². The van der Waals surface area contributed by atoms with Crippen molar-refractivity contribution in [2.75, 3.05) is 10.6 Å². The van der Waals surface area contributed by atoms with Gasteiger partial charge in [0.25, 0.3) is 5.92 Å². The van der Waals surface area contributed by atoms with Crippen LogP contribution in [0.5, 0.6) is 0 Å². The van der Waals surface area contributed by atoms with Gasteiger partial charge in [-0.05, 0) is 55.8 Å². The maximum Gasteiger partial charge on any atom is 0.273 e. The highest BCUT2D eigenvalue weighted by Crippen LogP contribution is 2.33. The monoisotopic (exact) mass is 498 g/mol. The van der Waals surface area contributed by atoms with E-state index in [1.54, 1.807) is 30.5 Å². The van der Waals surface area contributed by atoms with Gasteiger partial charge in [0.15, 0.2) is 5.92 Å². The maximum absolute atomic E-state index is 14.0. The number of carbonyl (C=O) groups is 2. The predicted octanol–water partition coefficient (Wildman–Crippen LogP) is 6.45. The Morgan fingerprint density at radius 2 is 1.71 bits per heavy atom. The Hall–Kier alpha value is -3.65. The van der Waals surface area contributed by atoms with E-state index >= 15 is 0 Å². The molecule has 2 amide bonds. The number of aromatic nitrogens is 1. The highest BCUT2D eigenvalue weighted by Gasteiger charge is 2.31.